The summed E-state index contributed by atoms with van der Waals surface area (Å²) in [4.78, 5) is 4.50. The molecule has 1 atom stereocenters. The Morgan fingerprint density at radius 2 is 1.88 bits per heavy atom. The van der Waals surface area contributed by atoms with Crippen molar-refractivity contribution in [3.63, 3.8) is 0 Å². The van der Waals surface area contributed by atoms with Gasteiger partial charge < -0.3 is 15.2 Å². The second-order valence-electron chi connectivity index (χ2n) is 4.17. The molecule has 0 unspecified atom stereocenters. The molecule has 1 aliphatic heterocycles. The number of aliphatic imine (C=N–C) groups is 1. The van der Waals surface area contributed by atoms with Gasteiger partial charge in [-0.1, -0.05) is 0 Å². The number of nitrogens with zero attached hydrogens (tertiary/aromatic N) is 1. The van der Waals surface area contributed by atoms with E-state index < -0.39 is 0 Å². The van der Waals surface area contributed by atoms with Crippen LogP contribution < -0.4 is 15.2 Å². The van der Waals surface area contributed by atoms with Crippen molar-refractivity contribution in [2.75, 3.05) is 20.8 Å². The van der Waals surface area contributed by atoms with E-state index in [0.717, 1.165) is 35.7 Å². The smallest absolute Gasteiger partial charge is 0.161 e. The Bertz CT molecular complexity index is 453. The van der Waals surface area contributed by atoms with Crippen LogP contribution in [0.25, 0.3) is 0 Å². The summed E-state index contributed by atoms with van der Waals surface area (Å²) in [6.45, 7) is 2.74. The number of rotatable bonds is 3. The fourth-order valence-corrected chi connectivity index (χ4v) is 2.14. The lowest BCUT2D eigenvalue weighted by Crippen LogP contribution is -2.31. The molecule has 1 aromatic carbocycles. The lowest BCUT2D eigenvalue weighted by Gasteiger charge is -2.21. The van der Waals surface area contributed by atoms with Crippen LogP contribution in [-0.2, 0) is 6.42 Å². The van der Waals surface area contributed by atoms with E-state index in [1.165, 1.54) is 5.56 Å². The molecule has 0 spiro atoms. The Morgan fingerprint density at radius 3 is 2.47 bits per heavy atom. The number of hydrogen-bond acceptors (Lipinski definition) is 4. The van der Waals surface area contributed by atoms with Gasteiger partial charge in [-0.15, -0.1) is 0 Å². The SMILES string of the molecule is COc1cc2c(cc1OC)C([C@H](C)N)=NCC2. The van der Waals surface area contributed by atoms with Crippen LogP contribution in [0.1, 0.15) is 18.1 Å². The molecule has 0 saturated carbocycles. The van der Waals surface area contributed by atoms with Crippen LogP contribution in [-0.4, -0.2) is 32.5 Å². The van der Waals surface area contributed by atoms with Crippen molar-refractivity contribution < 1.29 is 9.47 Å². The van der Waals surface area contributed by atoms with E-state index in [-0.39, 0.29) is 6.04 Å². The fraction of sp³-hybridized carbons (Fsp3) is 0.462. The first kappa shape index (κ1) is 11.9. The first-order chi connectivity index (χ1) is 8.17. The Morgan fingerprint density at radius 1 is 1.24 bits per heavy atom. The second kappa shape index (κ2) is 4.75. The average molecular weight is 234 g/mol. The molecule has 2 rings (SSSR count). The van der Waals surface area contributed by atoms with Gasteiger partial charge >= 0.3 is 0 Å². The first-order valence-corrected chi connectivity index (χ1v) is 5.72. The monoisotopic (exact) mass is 234 g/mol. The second-order valence-corrected chi connectivity index (χ2v) is 4.17. The van der Waals surface area contributed by atoms with Crippen LogP contribution >= 0.6 is 0 Å². The zero-order valence-electron chi connectivity index (χ0n) is 10.5. The van der Waals surface area contributed by atoms with E-state index in [2.05, 4.69) is 4.99 Å². The van der Waals surface area contributed by atoms with E-state index in [9.17, 15) is 0 Å². The summed E-state index contributed by atoms with van der Waals surface area (Å²) in [5.41, 5.74) is 9.21. The molecule has 0 bridgehead atoms. The van der Waals surface area contributed by atoms with Gasteiger partial charge in [-0.3, -0.25) is 4.99 Å². The van der Waals surface area contributed by atoms with E-state index in [1.807, 2.05) is 19.1 Å². The minimum atomic E-state index is -0.0628. The van der Waals surface area contributed by atoms with Gasteiger partial charge in [0.25, 0.3) is 0 Å². The van der Waals surface area contributed by atoms with Crippen molar-refractivity contribution >= 4 is 5.71 Å². The molecule has 92 valence electrons. The largest absolute Gasteiger partial charge is 0.493 e. The topological polar surface area (TPSA) is 56.8 Å². The third-order valence-corrected chi connectivity index (χ3v) is 2.98. The maximum Gasteiger partial charge on any atom is 0.161 e. The summed E-state index contributed by atoms with van der Waals surface area (Å²) in [5, 5.41) is 0. The lowest BCUT2D eigenvalue weighted by atomic mass is 9.94. The number of hydrogen-bond donors (Lipinski definition) is 1. The minimum Gasteiger partial charge on any atom is -0.493 e. The highest BCUT2D eigenvalue weighted by molar-refractivity contribution is 6.06. The highest BCUT2D eigenvalue weighted by Crippen LogP contribution is 2.32. The van der Waals surface area contributed by atoms with Gasteiger partial charge in [0, 0.05) is 18.2 Å². The molecule has 0 fully saturated rings. The number of benzene rings is 1. The van der Waals surface area contributed by atoms with Crippen molar-refractivity contribution in [3.05, 3.63) is 23.3 Å². The van der Waals surface area contributed by atoms with Crippen LogP contribution in [0.2, 0.25) is 0 Å². The Kier molecular flexibility index (Phi) is 3.33. The summed E-state index contributed by atoms with van der Waals surface area (Å²) < 4.78 is 10.6. The van der Waals surface area contributed by atoms with Crippen molar-refractivity contribution in [1.82, 2.24) is 0 Å². The Hall–Kier alpha value is -1.55. The quantitative estimate of drug-likeness (QED) is 0.860. The Labute approximate surface area is 101 Å². The van der Waals surface area contributed by atoms with Gasteiger partial charge in [0.1, 0.15) is 0 Å². The molecule has 2 N–H and O–H groups in total. The van der Waals surface area contributed by atoms with Crippen LogP contribution in [0, 0.1) is 0 Å². The molecule has 0 amide bonds. The average Bonchev–Trinajstić information content (AvgIpc) is 2.35. The van der Waals surface area contributed by atoms with Crippen LogP contribution in [0.4, 0.5) is 0 Å². The standard InChI is InChI=1S/C13H18N2O2/c1-8(14)13-10-7-12(17-3)11(16-2)6-9(10)4-5-15-13/h6-8H,4-5,14H2,1-3H3/t8-/m0/s1. The van der Waals surface area contributed by atoms with Gasteiger partial charge in [0.05, 0.1) is 19.9 Å². The molecule has 0 aromatic heterocycles. The molecule has 0 aliphatic carbocycles. The molecule has 17 heavy (non-hydrogen) atoms. The van der Waals surface area contributed by atoms with Gasteiger partial charge in [0.15, 0.2) is 11.5 Å². The summed E-state index contributed by atoms with van der Waals surface area (Å²) >= 11 is 0. The number of methoxy groups -OCH3 is 2. The van der Waals surface area contributed by atoms with Crippen molar-refractivity contribution in [1.29, 1.82) is 0 Å². The third kappa shape index (κ3) is 2.13. The Balaban J connectivity index is 2.53. The number of fused-ring (bicyclic) bond motifs is 1. The molecular weight excluding hydrogens is 216 g/mol. The molecule has 1 aliphatic rings. The molecule has 1 aromatic rings. The highest BCUT2D eigenvalue weighted by atomic mass is 16.5. The summed E-state index contributed by atoms with van der Waals surface area (Å²) in [5.74, 6) is 1.48. The fourth-order valence-electron chi connectivity index (χ4n) is 2.14. The summed E-state index contributed by atoms with van der Waals surface area (Å²) in [6, 6.07) is 3.92. The maximum atomic E-state index is 5.94. The normalized spacial score (nSPS) is 15.9. The molecule has 0 radical (unpaired) electrons. The number of ether oxygens (including phenoxy) is 2. The number of nitrogens with two attached hydrogens (primary N) is 1. The predicted molar refractivity (Wildman–Crippen MR) is 68.3 cm³/mol. The lowest BCUT2D eigenvalue weighted by molar-refractivity contribution is 0.354. The zero-order chi connectivity index (χ0) is 12.4. The van der Waals surface area contributed by atoms with Crippen LogP contribution in [0.3, 0.4) is 0 Å². The third-order valence-electron chi connectivity index (χ3n) is 2.98. The predicted octanol–water partition coefficient (Wildman–Crippen LogP) is 1.40. The molecular formula is C13H18N2O2. The zero-order valence-corrected chi connectivity index (χ0v) is 10.5. The summed E-state index contributed by atoms with van der Waals surface area (Å²) in [7, 11) is 3.28. The van der Waals surface area contributed by atoms with E-state index in [0.29, 0.717) is 0 Å². The first-order valence-electron chi connectivity index (χ1n) is 5.72. The van der Waals surface area contributed by atoms with Gasteiger partial charge in [0.2, 0.25) is 0 Å². The molecule has 4 nitrogen and oxygen atoms in total. The van der Waals surface area contributed by atoms with Gasteiger partial charge in [-0.05, 0) is 31.0 Å². The minimum absolute atomic E-state index is 0.0628. The van der Waals surface area contributed by atoms with E-state index >= 15 is 0 Å². The van der Waals surface area contributed by atoms with E-state index in [1.54, 1.807) is 14.2 Å². The molecule has 0 saturated heterocycles. The highest BCUT2D eigenvalue weighted by Gasteiger charge is 2.20. The van der Waals surface area contributed by atoms with Gasteiger partial charge in [-0.25, -0.2) is 0 Å². The van der Waals surface area contributed by atoms with Gasteiger partial charge in [-0.2, -0.15) is 0 Å². The summed E-state index contributed by atoms with van der Waals surface area (Å²) in [6.07, 6.45) is 0.923. The van der Waals surface area contributed by atoms with Crippen LogP contribution in [0.15, 0.2) is 17.1 Å². The van der Waals surface area contributed by atoms with Crippen LogP contribution in [0.5, 0.6) is 11.5 Å². The van der Waals surface area contributed by atoms with E-state index in [4.69, 9.17) is 15.2 Å². The maximum absolute atomic E-state index is 5.94. The van der Waals surface area contributed by atoms with Crippen molar-refractivity contribution in [2.45, 2.75) is 19.4 Å². The molecule has 1 heterocycles. The van der Waals surface area contributed by atoms with Crippen molar-refractivity contribution in [2.24, 2.45) is 10.7 Å². The van der Waals surface area contributed by atoms with Crippen molar-refractivity contribution in [3.8, 4) is 11.5 Å². The molecule has 4 heteroatoms.